The number of ether oxygens (including phenoxy) is 1. The van der Waals surface area contributed by atoms with Gasteiger partial charge in [0.25, 0.3) is 5.91 Å². The number of nitrogens with one attached hydrogen (secondary N) is 1. The maximum absolute atomic E-state index is 12.6. The number of nitrogens with zero attached hydrogens (tertiary/aromatic N) is 3. The van der Waals surface area contributed by atoms with E-state index in [1.807, 2.05) is 0 Å². The van der Waals surface area contributed by atoms with Gasteiger partial charge in [-0.25, -0.2) is 4.98 Å². The number of aromatic nitrogens is 2. The molecule has 1 aliphatic rings. The van der Waals surface area contributed by atoms with Gasteiger partial charge in [0.1, 0.15) is 11.6 Å². The minimum Gasteiger partial charge on any atom is -0.484 e. The number of piperidine rings is 1. The highest BCUT2D eigenvalue weighted by molar-refractivity contribution is 5.93. The van der Waals surface area contributed by atoms with E-state index in [4.69, 9.17) is 10.5 Å². The molecule has 3 rings (SSSR count). The third kappa shape index (κ3) is 4.69. The van der Waals surface area contributed by atoms with E-state index in [0.29, 0.717) is 18.0 Å². The standard InChI is InChI=1S/C18H21N5O3/c19-16(24)12-26-15-5-3-14(4-6-15)22-18(25)13-2-1-9-23(11-13)17-10-20-7-8-21-17/h3-8,10,13H,1-2,9,11-12H2,(H2,19,24)(H,22,25)/t13-/m0/s1. The zero-order valence-electron chi connectivity index (χ0n) is 14.3. The Morgan fingerprint density at radius 3 is 2.77 bits per heavy atom. The normalized spacial score (nSPS) is 16.8. The van der Waals surface area contributed by atoms with Crippen LogP contribution in [0.25, 0.3) is 0 Å². The lowest BCUT2D eigenvalue weighted by atomic mass is 9.97. The van der Waals surface area contributed by atoms with Crippen molar-refractivity contribution in [3.8, 4) is 5.75 Å². The van der Waals surface area contributed by atoms with Crippen molar-refractivity contribution in [1.29, 1.82) is 0 Å². The fraction of sp³-hybridized carbons (Fsp3) is 0.333. The molecule has 1 aromatic heterocycles. The average Bonchev–Trinajstić information content (AvgIpc) is 2.68. The molecule has 0 aliphatic carbocycles. The third-order valence-corrected chi connectivity index (χ3v) is 4.17. The maximum atomic E-state index is 12.6. The Morgan fingerprint density at radius 2 is 2.08 bits per heavy atom. The maximum Gasteiger partial charge on any atom is 0.255 e. The van der Waals surface area contributed by atoms with Crippen LogP contribution in [0.5, 0.6) is 5.75 Å². The Morgan fingerprint density at radius 1 is 1.27 bits per heavy atom. The van der Waals surface area contributed by atoms with Crippen molar-refractivity contribution in [3.63, 3.8) is 0 Å². The van der Waals surface area contributed by atoms with Crippen LogP contribution < -0.4 is 20.7 Å². The minimum atomic E-state index is -0.535. The van der Waals surface area contributed by atoms with E-state index in [1.165, 1.54) is 0 Å². The molecule has 2 heterocycles. The largest absolute Gasteiger partial charge is 0.484 e. The van der Waals surface area contributed by atoms with Gasteiger partial charge in [0.05, 0.1) is 12.1 Å². The number of hydrogen-bond donors (Lipinski definition) is 2. The zero-order chi connectivity index (χ0) is 18.4. The summed E-state index contributed by atoms with van der Waals surface area (Å²) < 4.78 is 5.20. The highest BCUT2D eigenvalue weighted by Crippen LogP contribution is 2.23. The quantitative estimate of drug-likeness (QED) is 0.805. The summed E-state index contributed by atoms with van der Waals surface area (Å²) in [5.41, 5.74) is 5.72. The van der Waals surface area contributed by atoms with Crippen LogP contribution in [0.2, 0.25) is 0 Å². The molecule has 0 bridgehead atoms. The van der Waals surface area contributed by atoms with Gasteiger partial charge in [-0.15, -0.1) is 0 Å². The highest BCUT2D eigenvalue weighted by Gasteiger charge is 2.26. The van der Waals surface area contributed by atoms with E-state index in [1.54, 1.807) is 42.9 Å². The van der Waals surface area contributed by atoms with Crippen LogP contribution in [-0.2, 0) is 9.59 Å². The van der Waals surface area contributed by atoms with Gasteiger partial charge in [-0.05, 0) is 37.1 Å². The van der Waals surface area contributed by atoms with Gasteiger partial charge in [0.15, 0.2) is 6.61 Å². The van der Waals surface area contributed by atoms with Crippen LogP contribution in [0.4, 0.5) is 11.5 Å². The van der Waals surface area contributed by atoms with Crippen molar-refractivity contribution in [2.45, 2.75) is 12.8 Å². The molecule has 0 unspecified atom stereocenters. The van der Waals surface area contributed by atoms with Crippen LogP contribution in [0, 0.1) is 5.92 Å². The van der Waals surface area contributed by atoms with E-state index in [9.17, 15) is 9.59 Å². The molecule has 1 fully saturated rings. The van der Waals surface area contributed by atoms with Gasteiger partial charge in [0, 0.05) is 31.2 Å². The summed E-state index contributed by atoms with van der Waals surface area (Å²) in [6.07, 6.45) is 6.76. The van der Waals surface area contributed by atoms with Crippen LogP contribution in [0.1, 0.15) is 12.8 Å². The topological polar surface area (TPSA) is 110 Å². The van der Waals surface area contributed by atoms with Crippen molar-refractivity contribution >= 4 is 23.3 Å². The number of carbonyl (C=O) groups is 2. The van der Waals surface area contributed by atoms with Gasteiger partial charge in [-0.3, -0.25) is 14.6 Å². The summed E-state index contributed by atoms with van der Waals surface area (Å²) in [5, 5.41) is 2.93. The molecule has 1 atom stereocenters. The summed E-state index contributed by atoms with van der Waals surface area (Å²) in [7, 11) is 0. The number of primary amides is 1. The van der Waals surface area contributed by atoms with Gasteiger partial charge in [0.2, 0.25) is 5.91 Å². The molecule has 2 aromatic rings. The second kappa shape index (κ2) is 8.28. The van der Waals surface area contributed by atoms with E-state index in [2.05, 4.69) is 20.2 Å². The number of hydrogen-bond acceptors (Lipinski definition) is 6. The predicted octanol–water partition coefficient (Wildman–Crippen LogP) is 1.20. The lowest BCUT2D eigenvalue weighted by Crippen LogP contribution is -2.41. The molecule has 8 nitrogen and oxygen atoms in total. The first-order valence-electron chi connectivity index (χ1n) is 8.45. The van der Waals surface area contributed by atoms with Crippen molar-refractivity contribution in [1.82, 2.24) is 9.97 Å². The van der Waals surface area contributed by atoms with Crippen molar-refractivity contribution < 1.29 is 14.3 Å². The SMILES string of the molecule is NC(=O)COc1ccc(NC(=O)[C@H]2CCCN(c3cnccn3)C2)cc1. The number of carbonyl (C=O) groups excluding carboxylic acids is 2. The molecular formula is C18H21N5O3. The van der Waals surface area contributed by atoms with Crippen LogP contribution in [-0.4, -0.2) is 41.5 Å². The summed E-state index contributed by atoms with van der Waals surface area (Å²) in [5.74, 6) is 0.641. The van der Waals surface area contributed by atoms with Gasteiger partial charge < -0.3 is 20.7 Å². The Balaban J connectivity index is 1.56. The monoisotopic (exact) mass is 355 g/mol. The zero-order valence-corrected chi connectivity index (χ0v) is 14.3. The molecule has 0 radical (unpaired) electrons. The lowest BCUT2D eigenvalue weighted by molar-refractivity contribution is -0.120. The van der Waals surface area contributed by atoms with Crippen molar-refractivity contribution in [3.05, 3.63) is 42.9 Å². The molecule has 1 aliphatic heterocycles. The number of amides is 2. The summed E-state index contributed by atoms with van der Waals surface area (Å²) in [6, 6.07) is 6.84. The first-order chi connectivity index (χ1) is 12.6. The average molecular weight is 355 g/mol. The summed E-state index contributed by atoms with van der Waals surface area (Å²) >= 11 is 0. The Hall–Kier alpha value is -3.16. The number of benzene rings is 1. The highest BCUT2D eigenvalue weighted by atomic mass is 16.5. The fourth-order valence-electron chi connectivity index (χ4n) is 2.89. The van der Waals surface area contributed by atoms with E-state index in [-0.39, 0.29) is 18.4 Å². The summed E-state index contributed by atoms with van der Waals surface area (Å²) in [6.45, 7) is 1.31. The molecule has 0 spiro atoms. The van der Waals surface area contributed by atoms with E-state index in [0.717, 1.165) is 25.2 Å². The van der Waals surface area contributed by atoms with E-state index < -0.39 is 5.91 Å². The second-order valence-electron chi connectivity index (χ2n) is 6.12. The molecule has 26 heavy (non-hydrogen) atoms. The molecule has 0 saturated carbocycles. The predicted molar refractivity (Wildman–Crippen MR) is 96.7 cm³/mol. The van der Waals surface area contributed by atoms with Crippen molar-refractivity contribution in [2.75, 3.05) is 29.9 Å². The lowest BCUT2D eigenvalue weighted by Gasteiger charge is -2.32. The van der Waals surface area contributed by atoms with Crippen LogP contribution in [0.3, 0.4) is 0 Å². The van der Waals surface area contributed by atoms with Gasteiger partial charge >= 0.3 is 0 Å². The number of rotatable bonds is 6. The molecule has 8 heteroatoms. The fourth-order valence-corrected chi connectivity index (χ4v) is 2.89. The number of anilines is 2. The molecule has 1 aromatic carbocycles. The molecule has 3 N–H and O–H groups in total. The molecule has 1 saturated heterocycles. The van der Waals surface area contributed by atoms with Crippen molar-refractivity contribution in [2.24, 2.45) is 11.7 Å². The first-order valence-corrected chi connectivity index (χ1v) is 8.45. The molecule has 136 valence electrons. The Kier molecular flexibility index (Phi) is 5.62. The molecular weight excluding hydrogens is 334 g/mol. The Bertz CT molecular complexity index is 751. The van der Waals surface area contributed by atoms with Gasteiger partial charge in [-0.1, -0.05) is 0 Å². The third-order valence-electron chi connectivity index (χ3n) is 4.17. The molecule has 2 amide bonds. The summed E-state index contributed by atoms with van der Waals surface area (Å²) in [4.78, 5) is 33.8. The Labute approximate surface area is 151 Å². The smallest absolute Gasteiger partial charge is 0.255 e. The first kappa shape index (κ1) is 17.7. The van der Waals surface area contributed by atoms with E-state index >= 15 is 0 Å². The van der Waals surface area contributed by atoms with Gasteiger partial charge in [-0.2, -0.15) is 0 Å². The van der Waals surface area contributed by atoms with Crippen LogP contribution in [0.15, 0.2) is 42.9 Å². The van der Waals surface area contributed by atoms with Crippen LogP contribution >= 0.6 is 0 Å². The minimum absolute atomic E-state index is 0.0237. The second-order valence-corrected chi connectivity index (χ2v) is 6.12. The number of nitrogens with two attached hydrogens (primary N) is 1.